The maximum absolute atomic E-state index is 8.84. The lowest BCUT2D eigenvalue weighted by atomic mass is 10.1. The maximum atomic E-state index is 8.84. The fourth-order valence-electron chi connectivity index (χ4n) is 1.35. The smallest absolute Gasteiger partial charge is 0.0738 e. The van der Waals surface area contributed by atoms with Gasteiger partial charge in [-0.05, 0) is 25.3 Å². The summed E-state index contributed by atoms with van der Waals surface area (Å²) in [5, 5.41) is 19.8. The normalized spacial score (nSPS) is 13.0. The Balaban J connectivity index is 2.05. The predicted octanol–water partition coefficient (Wildman–Crippen LogP) is 0.313. The van der Waals surface area contributed by atoms with Gasteiger partial charge in [0.2, 0.25) is 0 Å². The number of hydrogen-bond donors (Lipinski definition) is 2. The van der Waals surface area contributed by atoms with Gasteiger partial charge < -0.3 is 10.4 Å². The molecule has 1 heterocycles. The van der Waals surface area contributed by atoms with Gasteiger partial charge in [-0.25, -0.2) is 0 Å². The van der Waals surface area contributed by atoms with Crippen molar-refractivity contribution >= 4 is 0 Å². The SMILES string of the molecule is CC(CO)CCCNCc1cnnn1C. The third-order valence-electron chi connectivity index (χ3n) is 2.48. The molecule has 0 aliphatic rings. The molecule has 0 spiro atoms. The average molecular weight is 212 g/mol. The van der Waals surface area contributed by atoms with Crippen molar-refractivity contribution in [2.75, 3.05) is 13.2 Å². The van der Waals surface area contributed by atoms with E-state index < -0.39 is 0 Å². The molecule has 5 heteroatoms. The minimum absolute atomic E-state index is 0.283. The molecule has 1 rings (SSSR count). The molecule has 0 bridgehead atoms. The van der Waals surface area contributed by atoms with Crippen molar-refractivity contribution in [1.29, 1.82) is 0 Å². The van der Waals surface area contributed by atoms with Crippen LogP contribution in [0, 0.1) is 5.92 Å². The number of aryl methyl sites for hydroxylation is 1. The molecule has 1 aromatic rings. The minimum atomic E-state index is 0.283. The van der Waals surface area contributed by atoms with Gasteiger partial charge in [-0.15, -0.1) is 5.10 Å². The zero-order valence-corrected chi connectivity index (χ0v) is 9.48. The fourth-order valence-corrected chi connectivity index (χ4v) is 1.35. The van der Waals surface area contributed by atoms with E-state index in [0.717, 1.165) is 31.6 Å². The van der Waals surface area contributed by atoms with Crippen LogP contribution in [-0.2, 0) is 13.6 Å². The van der Waals surface area contributed by atoms with Crippen LogP contribution in [-0.4, -0.2) is 33.3 Å². The topological polar surface area (TPSA) is 63.0 Å². The van der Waals surface area contributed by atoms with Gasteiger partial charge in [0, 0.05) is 20.2 Å². The number of rotatable bonds is 7. The van der Waals surface area contributed by atoms with E-state index in [0.29, 0.717) is 5.92 Å². The summed E-state index contributed by atoms with van der Waals surface area (Å²) in [6.07, 6.45) is 3.92. The van der Waals surface area contributed by atoms with Gasteiger partial charge in [0.05, 0.1) is 11.9 Å². The van der Waals surface area contributed by atoms with Gasteiger partial charge in [0.15, 0.2) is 0 Å². The molecule has 0 fully saturated rings. The van der Waals surface area contributed by atoms with E-state index in [9.17, 15) is 0 Å². The molecule has 0 aromatic carbocycles. The zero-order valence-electron chi connectivity index (χ0n) is 9.48. The molecule has 86 valence electrons. The number of aliphatic hydroxyl groups is 1. The van der Waals surface area contributed by atoms with Crippen LogP contribution in [0.2, 0.25) is 0 Å². The molecule has 0 aliphatic heterocycles. The Labute approximate surface area is 90.5 Å². The van der Waals surface area contributed by atoms with Crippen molar-refractivity contribution in [1.82, 2.24) is 20.3 Å². The molecule has 0 aliphatic carbocycles. The first kappa shape index (κ1) is 12.1. The first-order valence-electron chi connectivity index (χ1n) is 5.39. The molecular formula is C10H20N4O. The van der Waals surface area contributed by atoms with Crippen LogP contribution < -0.4 is 5.32 Å². The summed E-state index contributed by atoms with van der Waals surface area (Å²) < 4.78 is 1.77. The van der Waals surface area contributed by atoms with Crippen molar-refractivity contribution in [3.05, 3.63) is 11.9 Å². The molecule has 1 atom stereocenters. The summed E-state index contributed by atoms with van der Waals surface area (Å²) >= 11 is 0. The van der Waals surface area contributed by atoms with E-state index >= 15 is 0 Å². The molecular weight excluding hydrogens is 192 g/mol. The van der Waals surface area contributed by atoms with Gasteiger partial charge in [-0.2, -0.15) is 0 Å². The predicted molar refractivity (Wildman–Crippen MR) is 58.2 cm³/mol. The Morgan fingerprint density at radius 2 is 2.40 bits per heavy atom. The zero-order chi connectivity index (χ0) is 11.1. The molecule has 1 aromatic heterocycles. The van der Waals surface area contributed by atoms with E-state index in [1.54, 1.807) is 10.9 Å². The molecule has 0 radical (unpaired) electrons. The molecule has 15 heavy (non-hydrogen) atoms. The van der Waals surface area contributed by atoms with Crippen LogP contribution in [0.5, 0.6) is 0 Å². The molecule has 5 nitrogen and oxygen atoms in total. The van der Waals surface area contributed by atoms with Gasteiger partial charge >= 0.3 is 0 Å². The second-order valence-corrected chi connectivity index (χ2v) is 3.96. The summed E-state index contributed by atoms with van der Waals surface area (Å²) in [5.41, 5.74) is 1.09. The number of aliphatic hydroxyl groups excluding tert-OH is 1. The van der Waals surface area contributed by atoms with E-state index in [2.05, 4.69) is 22.6 Å². The van der Waals surface area contributed by atoms with Crippen molar-refractivity contribution in [2.24, 2.45) is 13.0 Å². The van der Waals surface area contributed by atoms with E-state index in [1.165, 1.54) is 0 Å². The molecule has 1 unspecified atom stereocenters. The van der Waals surface area contributed by atoms with Crippen LogP contribution in [0.25, 0.3) is 0 Å². The molecule has 0 saturated carbocycles. The van der Waals surface area contributed by atoms with Gasteiger partial charge in [-0.3, -0.25) is 4.68 Å². The highest BCUT2D eigenvalue weighted by molar-refractivity contribution is 4.91. The highest BCUT2D eigenvalue weighted by atomic mass is 16.3. The Bertz CT molecular complexity index is 274. The van der Waals surface area contributed by atoms with Gasteiger partial charge in [0.25, 0.3) is 0 Å². The van der Waals surface area contributed by atoms with E-state index in [4.69, 9.17) is 5.11 Å². The van der Waals surface area contributed by atoms with Crippen LogP contribution in [0.15, 0.2) is 6.20 Å². The van der Waals surface area contributed by atoms with Crippen molar-refractivity contribution in [3.8, 4) is 0 Å². The average Bonchev–Trinajstić information content (AvgIpc) is 2.63. The number of hydrogen-bond acceptors (Lipinski definition) is 4. The van der Waals surface area contributed by atoms with E-state index in [1.807, 2.05) is 7.05 Å². The van der Waals surface area contributed by atoms with Crippen molar-refractivity contribution in [2.45, 2.75) is 26.3 Å². The second-order valence-electron chi connectivity index (χ2n) is 3.96. The highest BCUT2D eigenvalue weighted by Gasteiger charge is 2.00. The number of nitrogens with one attached hydrogen (secondary N) is 1. The standard InChI is InChI=1S/C10H20N4O/c1-9(8-15)4-3-5-11-6-10-7-12-13-14(10)2/h7,9,11,15H,3-6,8H2,1-2H3. The van der Waals surface area contributed by atoms with Crippen LogP contribution in [0.4, 0.5) is 0 Å². The lowest BCUT2D eigenvalue weighted by Crippen LogP contribution is -2.17. The van der Waals surface area contributed by atoms with Crippen LogP contribution in [0.3, 0.4) is 0 Å². The Hall–Kier alpha value is -0.940. The summed E-state index contributed by atoms with van der Waals surface area (Å²) in [7, 11) is 1.89. The van der Waals surface area contributed by atoms with Gasteiger partial charge in [-0.1, -0.05) is 12.1 Å². The monoisotopic (exact) mass is 212 g/mol. The lowest BCUT2D eigenvalue weighted by Gasteiger charge is -2.08. The second kappa shape index (κ2) is 6.53. The Morgan fingerprint density at radius 3 is 3.00 bits per heavy atom. The van der Waals surface area contributed by atoms with Crippen LogP contribution in [0.1, 0.15) is 25.5 Å². The van der Waals surface area contributed by atoms with E-state index in [-0.39, 0.29) is 6.61 Å². The lowest BCUT2D eigenvalue weighted by molar-refractivity contribution is 0.228. The third-order valence-corrected chi connectivity index (χ3v) is 2.48. The summed E-state index contributed by atoms with van der Waals surface area (Å²) in [6, 6.07) is 0. The third kappa shape index (κ3) is 4.40. The Morgan fingerprint density at radius 1 is 1.60 bits per heavy atom. The number of nitrogens with zero attached hydrogens (tertiary/aromatic N) is 3. The highest BCUT2D eigenvalue weighted by Crippen LogP contribution is 2.02. The minimum Gasteiger partial charge on any atom is -0.396 e. The summed E-state index contributed by atoms with van der Waals surface area (Å²) in [5.74, 6) is 0.408. The summed E-state index contributed by atoms with van der Waals surface area (Å²) in [4.78, 5) is 0. The largest absolute Gasteiger partial charge is 0.396 e. The van der Waals surface area contributed by atoms with Crippen molar-refractivity contribution < 1.29 is 5.11 Å². The van der Waals surface area contributed by atoms with Gasteiger partial charge in [0.1, 0.15) is 0 Å². The first-order chi connectivity index (χ1) is 7.24. The number of aromatic nitrogens is 3. The summed E-state index contributed by atoms with van der Waals surface area (Å²) in [6.45, 7) is 4.11. The molecule has 0 amide bonds. The fraction of sp³-hybridized carbons (Fsp3) is 0.800. The first-order valence-corrected chi connectivity index (χ1v) is 5.39. The maximum Gasteiger partial charge on any atom is 0.0738 e. The quantitative estimate of drug-likeness (QED) is 0.639. The molecule has 0 saturated heterocycles. The van der Waals surface area contributed by atoms with Crippen molar-refractivity contribution in [3.63, 3.8) is 0 Å². The molecule has 2 N–H and O–H groups in total. The van der Waals surface area contributed by atoms with Crippen LogP contribution >= 0.6 is 0 Å². The Kier molecular flexibility index (Phi) is 5.28.